The minimum absolute atomic E-state index is 0.0913. The van der Waals surface area contributed by atoms with Crippen LogP contribution in [0, 0.1) is 6.92 Å². The van der Waals surface area contributed by atoms with E-state index in [1.54, 1.807) is 12.1 Å². The van der Waals surface area contributed by atoms with Crippen molar-refractivity contribution >= 4 is 11.5 Å². The number of ether oxygens (including phenoxy) is 1. The van der Waals surface area contributed by atoms with Crippen molar-refractivity contribution in [2.45, 2.75) is 6.92 Å². The van der Waals surface area contributed by atoms with Gasteiger partial charge in [-0.2, -0.15) is 0 Å². The van der Waals surface area contributed by atoms with Crippen molar-refractivity contribution in [1.82, 2.24) is 0 Å². The highest BCUT2D eigenvalue weighted by atomic mass is 16.5. The number of aryl methyl sites for hydroxylation is 1. The highest BCUT2D eigenvalue weighted by molar-refractivity contribution is 5.98. The number of hydrogen-bond acceptors (Lipinski definition) is 4. The molecule has 0 aromatic heterocycles. The average Bonchev–Trinajstić information content (AvgIpc) is 2.47. The number of nitrogens with two attached hydrogens (primary N) is 1. The molecule has 0 aliphatic carbocycles. The van der Waals surface area contributed by atoms with Crippen LogP contribution in [0.2, 0.25) is 0 Å². The summed E-state index contributed by atoms with van der Waals surface area (Å²) in [5, 5.41) is 11.7. The topological polar surface area (TPSA) is 71.1 Å². The zero-order valence-electron chi connectivity index (χ0n) is 12.4. The summed E-state index contributed by atoms with van der Waals surface area (Å²) in [6, 6.07) is 13.3. The summed E-state index contributed by atoms with van der Waals surface area (Å²) in [6.45, 7) is 1.89. The predicted octanol–water partition coefficient (Wildman–Crippen LogP) is 2.95. The van der Waals surface area contributed by atoms with Gasteiger partial charge >= 0.3 is 0 Å². The molecule has 2 aromatic rings. The van der Waals surface area contributed by atoms with Gasteiger partial charge in [0, 0.05) is 31.4 Å². The Morgan fingerprint density at radius 3 is 2.48 bits per heavy atom. The quantitative estimate of drug-likeness (QED) is 0.392. The lowest BCUT2D eigenvalue weighted by Gasteiger charge is -2.14. The molecule has 0 aliphatic heterocycles. The van der Waals surface area contributed by atoms with E-state index in [2.05, 4.69) is 5.16 Å². The first-order valence-corrected chi connectivity index (χ1v) is 6.55. The van der Waals surface area contributed by atoms with Crippen LogP contribution < -0.4 is 15.4 Å². The molecule has 5 heteroatoms. The van der Waals surface area contributed by atoms with Gasteiger partial charge in [0.25, 0.3) is 0 Å². The van der Waals surface area contributed by atoms with Crippen LogP contribution in [0.5, 0.6) is 11.5 Å². The molecule has 2 rings (SSSR count). The Kier molecular flexibility index (Phi) is 4.33. The maximum Gasteiger partial charge on any atom is 0.170 e. The molecule has 0 fully saturated rings. The lowest BCUT2D eigenvalue weighted by atomic mass is 10.1. The molecule has 0 bridgehead atoms. The molecule has 2 aromatic carbocycles. The van der Waals surface area contributed by atoms with Crippen LogP contribution in [0.1, 0.15) is 11.1 Å². The van der Waals surface area contributed by atoms with Crippen LogP contribution in [0.25, 0.3) is 0 Å². The second kappa shape index (κ2) is 6.17. The van der Waals surface area contributed by atoms with E-state index in [-0.39, 0.29) is 5.84 Å². The maximum absolute atomic E-state index is 8.73. The van der Waals surface area contributed by atoms with Crippen molar-refractivity contribution in [2.75, 3.05) is 19.0 Å². The Labute approximate surface area is 124 Å². The SMILES string of the molecule is Cc1cc(Oc2cccc(N(C)C)c2)ccc1/C(N)=N/O. The smallest absolute Gasteiger partial charge is 0.170 e. The first-order chi connectivity index (χ1) is 10.0. The van der Waals surface area contributed by atoms with Gasteiger partial charge in [-0.05, 0) is 42.8 Å². The molecule has 5 nitrogen and oxygen atoms in total. The van der Waals surface area contributed by atoms with Crippen molar-refractivity contribution in [1.29, 1.82) is 0 Å². The fourth-order valence-electron chi connectivity index (χ4n) is 2.00. The molecule has 110 valence electrons. The van der Waals surface area contributed by atoms with Gasteiger partial charge in [0.1, 0.15) is 11.5 Å². The first-order valence-electron chi connectivity index (χ1n) is 6.55. The highest BCUT2D eigenvalue weighted by Gasteiger charge is 2.06. The van der Waals surface area contributed by atoms with E-state index in [9.17, 15) is 0 Å². The molecular formula is C16H19N3O2. The summed E-state index contributed by atoms with van der Waals surface area (Å²) in [5.74, 6) is 1.56. The van der Waals surface area contributed by atoms with Crippen molar-refractivity contribution in [2.24, 2.45) is 10.9 Å². The minimum Gasteiger partial charge on any atom is -0.457 e. The second-order valence-corrected chi connectivity index (χ2v) is 4.96. The number of hydrogen-bond donors (Lipinski definition) is 2. The lowest BCUT2D eigenvalue weighted by molar-refractivity contribution is 0.318. The summed E-state index contributed by atoms with van der Waals surface area (Å²) in [5.41, 5.74) is 8.24. The van der Waals surface area contributed by atoms with Crippen LogP contribution in [0.15, 0.2) is 47.6 Å². The number of oxime groups is 1. The van der Waals surface area contributed by atoms with E-state index in [0.717, 1.165) is 17.0 Å². The monoisotopic (exact) mass is 285 g/mol. The van der Waals surface area contributed by atoms with E-state index in [4.69, 9.17) is 15.7 Å². The maximum atomic E-state index is 8.73. The Balaban J connectivity index is 2.24. The normalized spacial score (nSPS) is 11.3. The molecule has 0 aliphatic rings. The molecule has 0 saturated carbocycles. The van der Waals surface area contributed by atoms with Crippen molar-refractivity contribution in [3.8, 4) is 11.5 Å². The number of anilines is 1. The molecule has 0 amide bonds. The Hall–Kier alpha value is -2.69. The summed E-state index contributed by atoms with van der Waals surface area (Å²) >= 11 is 0. The molecule has 0 spiro atoms. The minimum atomic E-state index is 0.0913. The molecule has 0 heterocycles. The summed E-state index contributed by atoms with van der Waals surface area (Å²) in [6.07, 6.45) is 0. The van der Waals surface area contributed by atoms with Gasteiger partial charge in [0.05, 0.1) is 0 Å². The summed E-state index contributed by atoms with van der Waals surface area (Å²) < 4.78 is 5.85. The zero-order valence-corrected chi connectivity index (χ0v) is 12.4. The van der Waals surface area contributed by atoms with Crippen molar-refractivity contribution in [3.63, 3.8) is 0 Å². The van der Waals surface area contributed by atoms with Gasteiger partial charge in [0.15, 0.2) is 5.84 Å². The van der Waals surface area contributed by atoms with E-state index in [1.807, 2.05) is 56.3 Å². The lowest BCUT2D eigenvalue weighted by Crippen LogP contribution is -2.14. The third kappa shape index (κ3) is 3.45. The van der Waals surface area contributed by atoms with Gasteiger partial charge < -0.3 is 20.6 Å². The van der Waals surface area contributed by atoms with Crippen LogP contribution in [-0.4, -0.2) is 25.1 Å². The fourth-order valence-corrected chi connectivity index (χ4v) is 2.00. The van der Waals surface area contributed by atoms with Crippen molar-refractivity contribution in [3.05, 3.63) is 53.6 Å². The van der Waals surface area contributed by atoms with Crippen LogP contribution in [-0.2, 0) is 0 Å². The zero-order chi connectivity index (χ0) is 15.4. The molecule has 0 unspecified atom stereocenters. The van der Waals surface area contributed by atoms with Gasteiger partial charge in [0.2, 0.25) is 0 Å². The molecule has 0 radical (unpaired) electrons. The third-order valence-corrected chi connectivity index (χ3v) is 3.15. The van der Waals surface area contributed by atoms with E-state index >= 15 is 0 Å². The second-order valence-electron chi connectivity index (χ2n) is 4.96. The van der Waals surface area contributed by atoms with Gasteiger partial charge in [-0.3, -0.25) is 0 Å². The molecule has 0 saturated heterocycles. The van der Waals surface area contributed by atoms with Gasteiger partial charge in [-0.25, -0.2) is 0 Å². The van der Waals surface area contributed by atoms with Gasteiger partial charge in [-0.1, -0.05) is 11.2 Å². The molecular weight excluding hydrogens is 266 g/mol. The number of nitrogens with zero attached hydrogens (tertiary/aromatic N) is 2. The predicted molar refractivity (Wildman–Crippen MR) is 84.5 cm³/mol. The van der Waals surface area contributed by atoms with Crippen molar-refractivity contribution < 1.29 is 9.94 Å². The average molecular weight is 285 g/mol. The largest absolute Gasteiger partial charge is 0.457 e. The molecule has 3 N–H and O–H groups in total. The van der Waals surface area contributed by atoms with E-state index in [0.29, 0.717) is 11.3 Å². The Morgan fingerprint density at radius 1 is 1.14 bits per heavy atom. The fraction of sp³-hybridized carbons (Fsp3) is 0.188. The van der Waals surface area contributed by atoms with E-state index in [1.165, 1.54) is 0 Å². The summed E-state index contributed by atoms with van der Waals surface area (Å²) in [7, 11) is 3.96. The van der Waals surface area contributed by atoms with Crippen LogP contribution in [0.4, 0.5) is 5.69 Å². The number of rotatable bonds is 4. The highest BCUT2D eigenvalue weighted by Crippen LogP contribution is 2.26. The number of benzene rings is 2. The summed E-state index contributed by atoms with van der Waals surface area (Å²) in [4.78, 5) is 2.01. The first kappa shape index (κ1) is 14.7. The molecule has 21 heavy (non-hydrogen) atoms. The van der Waals surface area contributed by atoms with Crippen LogP contribution in [0.3, 0.4) is 0 Å². The van der Waals surface area contributed by atoms with E-state index < -0.39 is 0 Å². The third-order valence-electron chi connectivity index (χ3n) is 3.15. The van der Waals surface area contributed by atoms with Crippen LogP contribution >= 0.6 is 0 Å². The van der Waals surface area contributed by atoms with Gasteiger partial charge in [-0.15, -0.1) is 0 Å². The molecule has 0 atom stereocenters. The standard InChI is InChI=1S/C16H19N3O2/c1-11-9-14(7-8-15(11)16(17)18-20)21-13-6-4-5-12(10-13)19(2)3/h4-10,20H,1-3H3,(H2,17,18). The number of amidine groups is 1. The Bertz CT molecular complexity index is 666. The Morgan fingerprint density at radius 2 is 1.86 bits per heavy atom.